The monoisotopic (exact) mass is 338 g/mol. The van der Waals surface area contributed by atoms with Crippen molar-refractivity contribution in [1.82, 2.24) is 0 Å². The fourth-order valence-corrected chi connectivity index (χ4v) is 7.14. The van der Waals surface area contributed by atoms with E-state index >= 15 is 0 Å². The number of benzene rings is 1. The zero-order chi connectivity index (χ0) is 15.4. The molecule has 22 heavy (non-hydrogen) atoms. The van der Waals surface area contributed by atoms with Crippen LogP contribution in [0.5, 0.6) is 0 Å². The van der Waals surface area contributed by atoms with Crippen molar-refractivity contribution in [3.8, 4) is 0 Å². The quantitative estimate of drug-likeness (QED) is 0.471. The van der Waals surface area contributed by atoms with Gasteiger partial charge in [-0.15, -0.1) is 0 Å². The molecule has 0 N–H and O–H groups in total. The molecule has 0 aromatic heterocycles. The summed E-state index contributed by atoms with van der Waals surface area (Å²) in [5.41, 5.74) is 1.29. The molecule has 2 fully saturated rings. The van der Waals surface area contributed by atoms with Gasteiger partial charge in [0.25, 0.3) is 0 Å². The van der Waals surface area contributed by atoms with Crippen LogP contribution in [-0.4, -0.2) is 8.11 Å². The van der Waals surface area contributed by atoms with Crippen LogP contribution >= 0.6 is 11.1 Å². The summed E-state index contributed by atoms with van der Waals surface area (Å²) < 4.78 is 12.9. The lowest BCUT2D eigenvalue weighted by atomic mass is 9.73. The third-order valence-corrected chi connectivity index (χ3v) is 9.24. The van der Waals surface area contributed by atoms with Crippen LogP contribution in [0, 0.1) is 23.6 Å². The minimum atomic E-state index is -0.804. The molecule has 0 atom stereocenters. The Balaban J connectivity index is 1.39. The molecule has 1 saturated carbocycles. The topological polar surface area (TPSA) is 0 Å². The smallest absolute Gasteiger partial charge is 0.141 e. The molecule has 0 radical (unpaired) electrons. The molecule has 3 heteroatoms. The van der Waals surface area contributed by atoms with E-state index in [1.54, 1.807) is 12.1 Å². The zero-order valence-electron chi connectivity index (χ0n) is 13.4. The van der Waals surface area contributed by atoms with E-state index in [0.717, 1.165) is 24.2 Å². The van der Waals surface area contributed by atoms with E-state index in [9.17, 15) is 4.39 Å². The Labute approximate surface area is 140 Å². The normalized spacial score (nSPS) is 32.8. The molecule has 2 aliphatic rings. The van der Waals surface area contributed by atoms with E-state index in [4.69, 9.17) is 11.1 Å². The van der Waals surface area contributed by atoms with Crippen molar-refractivity contribution in [3.05, 3.63) is 35.6 Å². The summed E-state index contributed by atoms with van der Waals surface area (Å²) >= 11 is 6.37. The summed E-state index contributed by atoms with van der Waals surface area (Å²) in [7, 11) is -0.804. The van der Waals surface area contributed by atoms with Gasteiger partial charge in [0.15, 0.2) is 0 Å². The molecule has 0 amide bonds. The molecule has 0 nitrogen and oxygen atoms in total. The number of rotatable bonds is 4. The second kappa shape index (κ2) is 7.96. The van der Waals surface area contributed by atoms with Gasteiger partial charge in [-0.25, -0.2) is 4.39 Å². The van der Waals surface area contributed by atoms with Crippen molar-refractivity contribution < 1.29 is 4.39 Å². The third kappa shape index (κ3) is 4.58. The maximum Gasteiger partial charge on any atom is 0.141 e. The van der Waals surface area contributed by atoms with E-state index in [2.05, 4.69) is 0 Å². The van der Waals surface area contributed by atoms with Crippen LogP contribution in [0.1, 0.15) is 50.5 Å². The Morgan fingerprint density at radius 3 is 2.14 bits per heavy atom. The first-order chi connectivity index (χ1) is 10.7. The first-order valence-corrected chi connectivity index (χ1v) is 12.5. The summed E-state index contributed by atoms with van der Waals surface area (Å²) in [6.07, 6.45) is 10.9. The number of hydrogen-bond acceptors (Lipinski definition) is 0. The summed E-state index contributed by atoms with van der Waals surface area (Å²) in [5.74, 6) is 2.74. The number of aryl methyl sites for hydroxylation is 1. The summed E-state index contributed by atoms with van der Waals surface area (Å²) in [6, 6.07) is 9.80. The Hall–Kier alpha value is -0.343. The highest BCUT2D eigenvalue weighted by Gasteiger charge is 2.30. The van der Waals surface area contributed by atoms with Crippen LogP contribution in [-0.2, 0) is 6.42 Å². The predicted octanol–water partition coefficient (Wildman–Crippen LogP) is 5.94. The van der Waals surface area contributed by atoms with E-state index in [1.807, 2.05) is 12.1 Å². The molecule has 1 aliphatic heterocycles. The van der Waals surface area contributed by atoms with Gasteiger partial charge in [-0.1, -0.05) is 37.8 Å². The van der Waals surface area contributed by atoms with E-state index in [-0.39, 0.29) is 5.82 Å². The van der Waals surface area contributed by atoms with E-state index in [0.29, 0.717) is 0 Å². The number of halogens is 2. The van der Waals surface area contributed by atoms with Crippen LogP contribution in [0.4, 0.5) is 4.39 Å². The minimum absolute atomic E-state index is 0.126. The van der Waals surface area contributed by atoms with Crippen LogP contribution in [0.25, 0.3) is 0 Å². The Kier molecular flexibility index (Phi) is 5.98. The lowest BCUT2D eigenvalue weighted by Crippen LogP contribution is -2.26. The van der Waals surface area contributed by atoms with Gasteiger partial charge >= 0.3 is 0 Å². The van der Waals surface area contributed by atoms with Gasteiger partial charge in [0.2, 0.25) is 0 Å². The molecule has 0 unspecified atom stereocenters. The average Bonchev–Trinajstić information content (AvgIpc) is 2.56. The van der Waals surface area contributed by atoms with Gasteiger partial charge in [0.1, 0.15) is 13.9 Å². The highest BCUT2D eigenvalue weighted by atomic mass is 35.6. The minimum Gasteiger partial charge on any atom is -0.207 e. The number of hydrogen-bond donors (Lipinski definition) is 0. The zero-order valence-corrected chi connectivity index (χ0v) is 15.4. The summed E-state index contributed by atoms with van der Waals surface area (Å²) in [6.45, 7) is 0. The molecule has 1 heterocycles. The summed E-state index contributed by atoms with van der Waals surface area (Å²) in [5, 5.41) is 0. The van der Waals surface area contributed by atoms with Crippen molar-refractivity contribution in [2.45, 2.75) is 63.5 Å². The third-order valence-electron chi connectivity index (χ3n) is 6.01. The fourth-order valence-electron chi connectivity index (χ4n) is 4.52. The second-order valence-electron chi connectivity index (χ2n) is 7.46. The van der Waals surface area contributed by atoms with Crippen molar-refractivity contribution in [1.29, 1.82) is 0 Å². The average molecular weight is 339 g/mol. The van der Waals surface area contributed by atoms with Gasteiger partial charge in [0, 0.05) is 0 Å². The predicted molar refractivity (Wildman–Crippen MR) is 95.5 cm³/mol. The Bertz CT molecular complexity index is 445. The summed E-state index contributed by atoms with van der Waals surface area (Å²) in [4.78, 5) is 0. The first kappa shape index (κ1) is 16.5. The maximum atomic E-state index is 12.9. The van der Waals surface area contributed by atoms with E-state index < -0.39 is 8.11 Å². The SMILES string of the molecule is Fc1ccc(CC[C@H]2CC[C@H](C3CC[SiH](Cl)CC3)CC2)cc1. The Morgan fingerprint density at radius 1 is 0.909 bits per heavy atom. The van der Waals surface area contributed by atoms with Crippen LogP contribution in [0.3, 0.4) is 0 Å². The molecular formula is C19H28ClFSi. The van der Waals surface area contributed by atoms with Gasteiger partial charge in [-0.3, -0.25) is 0 Å². The van der Waals surface area contributed by atoms with Crippen molar-refractivity contribution in [3.63, 3.8) is 0 Å². The van der Waals surface area contributed by atoms with Crippen molar-refractivity contribution in [2.75, 3.05) is 0 Å². The lowest BCUT2D eigenvalue weighted by Gasteiger charge is -2.36. The van der Waals surface area contributed by atoms with Crippen LogP contribution in [0.15, 0.2) is 24.3 Å². The molecule has 0 spiro atoms. The van der Waals surface area contributed by atoms with Crippen LogP contribution < -0.4 is 0 Å². The van der Waals surface area contributed by atoms with Crippen molar-refractivity contribution in [2.24, 2.45) is 17.8 Å². The molecule has 1 aliphatic carbocycles. The van der Waals surface area contributed by atoms with Crippen LogP contribution in [0.2, 0.25) is 12.1 Å². The molecule has 1 aromatic carbocycles. The molecule has 3 rings (SSSR count). The van der Waals surface area contributed by atoms with Gasteiger partial charge in [-0.05, 0) is 73.2 Å². The molecular weight excluding hydrogens is 311 g/mol. The molecule has 1 saturated heterocycles. The highest BCUT2D eigenvalue weighted by Crippen LogP contribution is 2.41. The highest BCUT2D eigenvalue weighted by molar-refractivity contribution is 7.07. The van der Waals surface area contributed by atoms with Gasteiger partial charge in [0.05, 0.1) is 0 Å². The largest absolute Gasteiger partial charge is 0.207 e. The maximum absolute atomic E-state index is 12.9. The molecule has 122 valence electrons. The molecule has 0 bridgehead atoms. The Morgan fingerprint density at radius 2 is 1.50 bits per heavy atom. The fraction of sp³-hybridized carbons (Fsp3) is 0.684. The van der Waals surface area contributed by atoms with Crippen molar-refractivity contribution >= 4 is 19.2 Å². The lowest BCUT2D eigenvalue weighted by molar-refractivity contribution is 0.187. The van der Waals surface area contributed by atoms with E-state index in [1.165, 1.54) is 62.6 Å². The second-order valence-corrected chi connectivity index (χ2v) is 11.7. The standard InChI is InChI=1S/C19H28ClFSi/c20-22-13-11-18(12-14-22)17-7-3-15(4-8-17)1-2-16-5-9-19(21)10-6-16/h5-6,9-10,15,17-18,22H,1-4,7-8,11-14H2/t15-,17-,18?,22?. The van der Waals surface area contributed by atoms with Gasteiger partial charge < -0.3 is 0 Å². The van der Waals surface area contributed by atoms with Gasteiger partial charge in [-0.2, -0.15) is 11.1 Å². The first-order valence-electron chi connectivity index (χ1n) is 9.09. The molecule has 1 aromatic rings.